The molecule has 1 saturated carbocycles. The minimum atomic E-state index is 0.0284. The molecule has 1 aliphatic carbocycles. The number of halogens is 1. The molecule has 0 radical (unpaired) electrons. The van der Waals surface area contributed by atoms with Crippen LogP contribution >= 0.6 is 11.6 Å². The van der Waals surface area contributed by atoms with Crippen LogP contribution in [0.2, 0.25) is 0 Å². The van der Waals surface area contributed by atoms with Crippen molar-refractivity contribution in [1.29, 1.82) is 0 Å². The van der Waals surface area contributed by atoms with E-state index < -0.39 is 0 Å². The van der Waals surface area contributed by atoms with E-state index in [0.717, 1.165) is 24.0 Å². The minimum absolute atomic E-state index is 0.0284. The molecule has 0 saturated heterocycles. The monoisotopic (exact) mass is 265 g/mol. The van der Waals surface area contributed by atoms with E-state index in [1.165, 1.54) is 12.8 Å². The second kappa shape index (κ2) is 6.24. The highest BCUT2D eigenvalue weighted by molar-refractivity contribution is 6.18. The molecule has 1 aromatic carbocycles. The van der Waals surface area contributed by atoms with E-state index in [1.807, 2.05) is 31.2 Å². The lowest BCUT2D eigenvalue weighted by atomic mass is 9.85. The Hall–Kier alpha value is -1.02. The Morgan fingerprint density at radius 2 is 2.17 bits per heavy atom. The molecule has 1 fully saturated rings. The van der Waals surface area contributed by atoms with Gasteiger partial charge >= 0.3 is 0 Å². The van der Waals surface area contributed by atoms with E-state index >= 15 is 0 Å². The van der Waals surface area contributed by atoms with E-state index in [0.29, 0.717) is 11.8 Å². The van der Waals surface area contributed by atoms with Gasteiger partial charge in [0.1, 0.15) is 0 Å². The first kappa shape index (κ1) is 13.4. The molecule has 98 valence electrons. The maximum absolute atomic E-state index is 12.2. The molecule has 0 heterocycles. The third-order valence-electron chi connectivity index (χ3n) is 3.70. The number of benzene rings is 1. The fourth-order valence-electron chi connectivity index (χ4n) is 2.62. The SMILES string of the molecule is Cc1cccc(C(=O)NC2CCCCC2CCl)c1. The standard InChI is InChI=1S/C15H20ClNO/c1-11-5-4-7-12(9-11)15(18)17-14-8-3-2-6-13(14)10-16/h4-5,7,9,13-14H,2-3,6,8,10H2,1H3,(H,17,18). The Morgan fingerprint density at radius 1 is 1.39 bits per heavy atom. The van der Waals surface area contributed by atoms with Crippen molar-refractivity contribution in [1.82, 2.24) is 5.32 Å². The van der Waals surface area contributed by atoms with Crippen molar-refractivity contribution in [3.8, 4) is 0 Å². The van der Waals surface area contributed by atoms with Gasteiger partial charge in [-0.15, -0.1) is 11.6 Å². The fraction of sp³-hybridized carbons (Fsp3) is 0.533. The molecule has 1 aliphatic rings. The van der Waals surface area contributed by atoms with Crippen LogP contribution in [-0.2, 0) is 0 Å². The first-order valence-corrected chi connectivity index (χ1v) is 7.17. The first-order chi connectivity index (χ1) is 8.70. The van der Waals surface area contributed by atoms with Gasteiger partial charge in [-0.2, -0.15) is 0 Å². The van der Waals surface area contributed by atoms with Gasteiger partial charge in [0.15, 0.2) is 0 Å². The van der Waals surface area contributed by atoms with Gasteiger partial charge < -0.3 is 5.32 Å². The van der Waals surface area contributed by atoms with Crippen LogP contribution in [0.5, 0.6) is 0 Å². The molecule has 0 spiro atoms. The summed E-state index contributed by atoms with van der Waals surface area (Å²) in [5, 5.41) is 3.14. The summed E-state index contributed by atoms with van der Waals surface area (Å²) >= 11 is 5.98. The Morgan fingerprint density at radius 3 is 2.89 bits per heavy atom. The summed E-state index contributed by atoms with van der Waals surface area (Å²) in [6, 6.07) is 7.95. The highest BCUT2D eigenvalue weighted by atomic mass is 35.5. The van der Waals surface area contributed by atoms with Crippen LogP contribution in [0.3, 0.4) is 0 Å². The zero-order valence-corrected chi connectivity index (χ0v) is 11.5. The third-order valence-corrected chi connectivity index (χ3v) is 4.10. The number of aryl methyl sites for hydroxylation is 1. The molecule has 2 rings (SSSR count). The van der Waals surface area contributed by atoms with E-state index in [9.17, 15) is 4.79 Å². The summed E-state index contributed by atoms with van der Waals surface area (Å²) in [5.41, 5.74) is 1.86. The van der Waals surface area contributed by atoms with Gasteiger partial charge in [-0.3, -0.25) is 4.79 Å². The molecule has 2 unspecified atom stereocenters. The maximum atomic E-state index is 12.2. The minimum Gasteiger partial charge on any atom is -0.349 e. The Labute approximate surface area is 114 Å². The Kier molecular flexibility index (Phi) is 4.65. The first-order valence-electron chi connectivity index (χ1n) is 6.64. The molecule has 0 aliphatic heterocycles. The normalized spacial score (nSPS) is 23.7. The number of amides is 1. The predicted octanol–water partition coefficient (Wildman–Crippen LogP) is 3.52. The number of hydrogen-bond donors (Lipinski definition) is 1. The molecule has 1 amide bonds. The molecular formula is C15H20ClNO. The molecule has 3 heteroatoms. The maximum Gasteiger partial charge on any atom is 0.251 e. The number of alkyl halides is 1. The summed E-state index contributed by atoms with van der Waals surface area (Å²) in [6.45, 7) is 2.00. The van der Waals surface area contributed by atoms with Gasteiger partial charge in [0.05, 0.1) is 0 Å². The average molecular weight is 266 g/mol. The van der Waals surface area contributed by atoms with E-state index in [1.54, 1.807) is 0 Å². The van der Waals surface area contributed by atoms with Crippen molar-refractivity contribution >= 4 is 17.5 Å². The average Bonchev–Trinajstić information content (AvgIpc) is 2.39. The summed E-state index contributed by atoms with van der Waals surface area (Å²) in [5.74, 6) is 1.09. The van der Waals surface area contributed by atoms with Gasteiger partial charge in [0, 0.05) is 17.5 Å². The lowest BCUT2D eigenvalue weighted by Gasteiger charge is -2.30. The van der Waals surface area contributed by atoms with Gasteiger partial charge in [0.2, 0.25) is 0 Å². The second-order valence-electron chi connectivity index (χ2n) is 5.15. The zero-order valence-electron chi connectivity index (χ0n) is 10.8. The molecule has 18 heavy (non-hydrogen) atoms. The van der Waals surface area contributed by atoms with E-state index in [4.69, 9.17) is 11.6 Å². The summed E-state index contributed by atoms with van der Waals surface area (Å²) < 4.78 is 0. The third kappa shape index (κ3) is 3.26. The summed E-state index contributed by atoms with van der Waals surface area (Å²) in [6.07, 6.45) is 4.59. The van der Waals surface area contributed by atoms with Gasteiger partial charge in [-0.25, -0.2) is 0 Å². The second-order valence-corrected chi connectivity index (χ2v) is 5.46. The van der Waals surface area contributed by atoms with Crippen molar-refractivity contribution in [2.75, 3.05) is 5.88 Å². The summed E-state index contributed by atoms with van der Waals surface area (Å²) in [4.78, 5) is 12.2. The van der Waals surface area contributed by atoms with Crippen molar-refractivity contribution in [2.24, 2.45) is 5.92 Å². The lowest BCUT2D eigenvalue weighted by Crippen LogP contribution is -2.42. The van der Waals surface area contributed by atoms with E-state index in [-0.39, 0.29) is 11.9 Å². The largest absolute Gasteiger partial charge is 0.349 e. The highest BCUT2D eigenvalue weighted by Crippen LogP contribution is 2.25. The molecule has 2 nitrogen and oxygen atoms in total. The van der Waals surface area contributed by atoms with Crippen LogP contribution < -0.4 is 5.32 Å². The number of nitrogens with one attached hydrogen (secondary N) is 1. The van der Waals surface area contributed by atoms with Crippen LogP contribution in [0, 0.1) is 12.8 Å². The van der Waals surface area contributed by atoms with Crippen LogP contribution in [-0.4, -0.2) is 17.8 Å². The fourth-order valence-corrected chi connectivity index (χ4v) is 2.99. The lowest BCUT2D eigenvalue weighted by molar-refractivity contribution is 0.0911. The number of rotatable bonds is 3. The van der Waals surface area contributed by atoms with Crippen LogP contribution in [0.25, 0.3) is 0 Å². The molecule has 0 bridgehead atoms. The van der Waals surface area contributed by atoms with Crippen LogP contribution in [0.4, 0.5) is 0 Å². The Balaban J connectivity index is 2.02. The zero-order chi connectivity index (χ0) is 13.0. The quantitative estimate of drug-likeness (QED) is 0.833. The van der Waals surface area contributed by atoms with Gasteiger partial charge in [0.25, 0.3) is 5.91 Å². The Bertz CT molecular complexity index is 419. The molecule has 0 aromatic heterocycles. The van der Waals surface area contributed by atoms with Crippen LogP contribution in [0.1, 0.15) is 41.6 Å². The van der Waals surface area contributed by atoms with Crippen molar-refractivity contribution in [3.05, 3.63) is 35.4 Å². The smallest absolute Gasteiger partial charge is 0.251 e. The topological polar surface area (TPSA) is 29.1 Å². The van der Waals surface area contributed by atoms with E-state index in [2.05, 4.69) is 5.32 Å². The van der Waals surface area contributed by atoms with Gasteiger partial charge in [-0.05, 0) is 37.8 Å². The van der Waals surface area contributed by atoms with Crippen molar-refractivity contribution in [2.45, 2.75) is 38.6 Å². The summed E-state index contributed by atoms with van der Waals surface area (Å²) in [7, 11) is 0. The molecule has 1 N–H and O–H groups in total. The van der Waals surface area contributed by atoms with Crippen molar-refractivity contribution in [3.63, 3.8) is 0 Å². The van der Waals surface area contributed by atoms with Gasteiger partial charge in [-0.1, -0.05) is 30.5 Å². The molecule has 1 aromatic rings. The number of carbonyl (C=O) groups excluding carboxylic acids is 1. The predicted molar refractivity (Wildman–Crippen MR) is 75.1 cm³/mol. The number of hydrogen-bond acceptors (Lipinski definition) is 1. The highest BCUT2D eigenvalue weighted by Gasteiger charge is 2.25. The number of carbonyl (C=O) groups is 1. The van der Waals surface area contributed by atoms with Crippen molar-refractivity contribution < 1.29 is 4.79 Å². The molecular weight excluding hydrogens is 246 g/mol. The molecule has 2 atom stereocenters. The van der Waals surface area contributed by atoms with Crippen LogP contribution in [0.15, 0.2) is 24.3 Å².